The molecule has 58 heavy (non-hydrogen) atoms. The second-order valence-corrected chi connectivity index (χ2v) is 20.4. The molecule has 0 aromatic heterocycles. The fraction of sp³-hybridized carbons (Fsp3) is 0.674. The molecule has 11 nitrogen and oxygen atoms in total. The van der Waals surface area contributed by atoms with Gasteiger partial charge < -0.3 is 42.8 Å². The number of carbonyl (C=O) groups is 2. The molecule has 5 heterocycles. The van der Waals surface area contributed by atoms with Crippen LogP contribution in [0.25, 0.3) is 0 Å². The van der Waals surface area contributed by atoms with Gasteiger partial charge in [0.25, 0.3) is 11.8 Å². The van der Waals surface area contributed by atoms with Crippen LogP contribution in [-0.2, 0) is 27.9 Å². The van der Waals surface area contributed by atoms with Crippen molar-refractivity contribution in [1.82, 2.24) is 9.80 Å². The first kappa shape index (κ1) is 47.1. The molecule has 15 heteroatoms. The Kier molecular flexibility index (Phi) is 14.4. The Labute approximate surface area is 362 Å². The van der Waals surface area contributed by atoms with E-state index >= 15 is 0 Å². The van der Waals surface area contributed by atoms with E-state index in [0.29, 0.717) is 11.6 Å². The quantitative estimate of drug-likeness (QED) is 0.239. The zero-order valence-corrected chi connectivity index (χ0v) is 39.3. The van der Waals surface area contributed by atoms with Gasteiger partial charge >= 0.3 is 21.1 Å². The highest BCUT2D eigenvalue weighted by Crippen LogP contribution is 2.43. The molecule has 1 N–H and O–H groups in total. The van der Waals surface area contributed by atoms with Crippen LogP contribution in [0, 0.1) is 3.57 Å². The van der Waals surface area contributed by atoms with E-state index < -0.39 is 14.0 Å². The summed E-state index contributed by atoms with van der Waals surface area (Å²) in [6, 6.07) is 15.6. The van der Waals surface area contributed by atoms with Gasteiger partial charge in [-0.15, -0.1) is 0 Å². The van der Waals surface area contributed by atoms with Gasteiger partial charge in [-0.1, -0.05) is 19.1 Å². The average molecular weight is 914 g/mol. The topological polar surface area (TPSA) is 116 Å². The van der Waals surface area contributed by atoms with E-state index in [1.54, 1.807) is 4.90 Å². The van der Waals surface area contributed by atoms with Gasteiger partial charge in [0.15, 0.2) is 0 Å². The number of hydrogen-bond acceptors (Lipinski definition) is 9. The summed E-state index contributed by atoms with van der Waals surface area (Å²) in [5.74, 6) is 0.174. The molecule has 2 aromatic carbocycles. The molecule has 318 valence electrons. The van der Waals surface area contributed by atoms with Gasteiger partial charge in [-0.3, -0.25) is 9.59 Å². The molecular formula is C43H66B3IN2O9. The summed E-state index contributed by atoms with van der Waals surface area (Å²) in [5.41, 5.74) is 0.270. The highest BCUT2D eigenvalue weighted by molar-refractivity contribution is 14.1. The highest BCUT2D eigenvalue weighted by atomic mass is 127. The Morgan fingerprint density at radius 1 is 0.603 bits per heavy atom. The van der Waals surface area contributed by atoms with Crippen molar-refractivity contribution >= 4 is 61.0 Å². The number of likely N-dealkylation sites (tertiary alicyclic amines) is 2. The number of rotatable bonds is 6. The maximum atomic E-state index is 12.7. The minimum atomic E-state index is -0.476. The van der Waals surface area contributed by atoms with Crippen LogP contribution >= 0.6 is 22.6 Å². The molecular weight excluding hydrogens is 848 g/mol. The summed E-state index contributed by atoms with van der Waals surface area (Å²) in [6.45, 7) is 28.2. The molecule has 2 atom stereocenters. The van der Waals surface area contributed by atoms with Gasteiger partial charge in [0, 0.05) is 33.8 Å². The third-order valence-electron chi connectivity index (χ3n) is 13.5. The summed E-state index contributed by atoms with van der Waals surface area (Å²) in [5, 5.41) is 9.18. The first-order valence-electron chi connectivity index (χ1n) is 21.0. The number of benzene rings is 2. The Balaban J connectivity index is 0.000000170. The van der Waals surface area contributed by atoms with Gasteiger partial charge in [0.05, 0.1) is 46.3 Å². The van der Waals surface area contributed by atoms with Crippen LogP contribution in [-0.4, -0.2) is 113 Å². The van der Waals surface area contributed by atoms with E-state index in [0.717, 1.165) is 59.8 Å². The van der Waals surface area contributed by atoms with Crippen LogP contribution < -0.4 is 5.46 Å². The summed E-state index contributed by atoms with van der Waals surface area (Å²) in [6.07, 6.45) is 5.15. The molecule has 2 amide bonds. The van der Waals surface area contributed by atoms with Crippen LogP contribution in [0.1, 0.15) is 143 Å². The van der Waals surface area contributed by atoms with Crippen LogP contribution in [0.15, 0.2) is 48.5 Å². The number of aliphatic hydroxyl groups excluding tert-OH is 1. The lowest BCUT2D eigenvalue weighted by Crippen LogP contribution is -2.41. The number of halogens is 1. The molecule has 5 fully saturated rings. The molecule has 0 saturated carbocycles. The Morgan fingerprint density at radius 2 is 0.948 bits per heavy atom. The van der Waals surface area contributed by atoms with Gasteiger partial charge in [-0.2, -0.15) is 0 Å². The van der Waals surface area contributed by atoms with Crippen molar-refractivity contribution in [3.63, 3.8) is 0 Å². The smallest absolute Gasteiger partial charge is 0.405 e. The van der Waals surface area contributed by atoms with Crippen LogP contribution in [0.2, 0.25) is 0 Å². The average Bonchev–Trinajstić information content (AvgIpc) is 3.95. The summed E-state index contributed by atoms with van der Waals surface area (Å²) in [4.78, 5) is 28.7. The molecule has 0 aliphatic carbocycles. The van der Waals surface area contributed by atoms with Crippen molar-refractivity contribution in [3.05, 3.63) is 63.2 Å². The first-order valence-corrected chi connectivity index (χ1v) is 22.1. The van der Waals surface area contributed by atoms with Gasteiger partial charge in [-0.25, -0.2) is 0 Å². The number of hydrogen-bond donors (Lipinski definition) is 1. The fourth-order valence-electron chi connectivity index (χ4n) is 7.51. The van der Waals surface area contributed by atoms with Gasteiger partial charge in [0.1, 0.15) is 0 Å². The largest absolute Gasteiger partial charge is 0.494 e. The van der Waals surface area contributed by atoms with Crippen molar-refractivity contribution in [2.45, 2.75) is 168 Å². The van der Waals surface area contributed by atoms with E-state index in [4.69, 9.17) is 27.9 Å². The molecule has 0 bridgehead atoms. The fourth-order valence-corrected chi connectivity index (χ4v) is 7.87. The summed E-state index contributed by atoms with van der Waals surface area (Å²) >= 11 is 2.21. The van der Waals surface area contributed by atoms with Gasteiger partial charge in [0.2, 0.25) is 0 Å². The molecule has 5 aliphatic heterocycles. The number of nitrogens with zero attached hydrogens (tertiary/aromatic N) is 2. The summed E-state index contributed by atoms with van der Waals surface area (Å²) < 4.78 is 37.1. The normalized spacial score (nSPS) is 25.9. The minimum Gasteiger partial charge on any atom is -0.405 e. The SMILES string of the molecule is CC1(C)OB(B2OC(C)(C)C(C)(C)O2)OC1(C)C.CC[C@@H]1CCCN1C(=O)c1ccc(B2OC(C)(C)C(C)(C)O2)cc1.O=C(c1ccc(I)cc1)N1CCC[C@H]1CO. The van der Waals surface area contributed by atoms with Crippen LogP contribution in [0.4, 0.5) is 0 Å². The lowest BCUT2D eigenvalue weighted by molar-refractivity contribution is 0.00578. The molecule has 0 spiro atoms. The molecule has 2 aromatic rings. The third kappa shape index (κ3) is 10.0. The first-order chi connectivity index (χ1) is 26.8. The second-order valence-electron chi connectivity index (χ2n) is 19.1. The Hall–Kier alpha value is -1.98. The zero-order chi connectivity index (χ0) is 43.1. The lowest BCUT2D eigenvalue weighted by Gasteiger charge is -2.32. The molecule has 5 saturated heterocycles. The maximum absolute atomic E-state index is 12.7. The molecule has 0 unspecified atom stereocenters. The van der Waals surface area contributed by atoms with E-state index in [9.17, 15) is 14.7 Å². The summed E-state index contributed by atoms with van der Waals surface area (Å²) in [7, 11) is -1.33. The maximum Gasteiger partial charge on any atom is 0.494 e. The lowest BCUT2D eigenvalue weighted by atomic mass is 9.49. The highest BCUT2D eigenvalue weighted by Gasteiger charge is 2.63. The minimum absolute atomic E-state index is 0.00628. The van der Waals surface area contributed by atoms with Crippen molar-refractivity contribution in [2.24, 2.45) is 0 Å². The molecule has 7 rings (SSSR count). The van der Waals surface area contributed by atoms with Crippen molar-refractivity contribution in [3.8, 4) is 0 Å². The van der Waals surface area contributed by atoms with Crippen molar-refractivity contribution in [1.29, 1.82) is 0 Å². The Bertz CT molecular complexity index is 1660. The van der Waals surface area contributed by atoms with E-state index in [1.165, 1.54) is 0 Å². The third-order valence-corrected chi connectivity index (χ3v) is 14.2. The predicted octanol–water partition coefficient (Wildman–Crippen LogP) is 7.14. The van der Waals surface area contributed by atoms with Gasteiger partial charge in [-0.05, 0) is 180 Å². The number of aliphatic hydroxyl groups is 1. The zero-order valence-electron chi connectivity index (χ0n) is 37.1. The number of amides is 2. The predicted molar refractivity (Wildman–Crippen MR) is 239 cm³/mol. The Morgan fingerprint density at radius 3 is 1.33 bits per heavy atom. The standard InChI is InChI=1S/C19H28BNO3.C12H24B2O4.C12H14INO2/c1-6-16-8-7-13-21(16)17(22)14-9-11-15(12-10-14)20-23-18(2,3)19(4,5)24-20;1-9(2)10(3,4)16-13(15-9)14-17-11(5,6)12(7,8)18-14;13-10-5-3-9(4-6-10)12(16)14-7-1-2-11(14)8-15/h9-12,16H,6-8,13H2,1-5H3;1-8H3;3-6,11,15H,1-2,7-8H2/t16-;;11-/m1.0/s1. The van der Waals surface area contributed by atoms with Crippen LogP contribution in [0.3, 0.4) is 0 Å². The monoisotopic (exact) mass is 914 g/mol. The van der Waals surface area contributed by atoms with Crippen LogP contribution in [0.5, 0.6) is 0 Å². The van der Waals surface area contributed by atoms with E-state index in [1.807, 2.05) is 137 Å². The number of carbonyl (C=O) groups excluding carboxylic acids is 2. The van der Waals surface area contributed by atoms with E-state index in [2.05, 4.69) is 29.5 Å². The van der Waals surface area contributed by atoms with Crippen molar-refractivity contribution in [2.75, 3.05) is 19.7 Å². The second kappa shape index (κ2) is 17.8. The molecule has 5 aliphatic rings. The molecule has 0 radical (unpaired) electrons. The van der Waals surface area contributed by atoms with Crippen molar-refractivity contribution < 1.29 is 42.6 Å². The van der Waals surface area contributed by atoms with E-state index in [-0.39, 0.29) is 65.2 Å².